The van der Waals surface area contributed by atoms with Gasteiger partial charge in [-0.3, -0.25) is 23.5 Å². The highest BCUT2D eigenvalue weighted by atomic mass is 31.2. The quantitative estimate of drug-likeness (QED) is 0.0186. The van der Waals surface area contributed by atoms with Gasteiger partial charge in [0.1, 0.15) is 0 Å². The van der Waals surface area contributed by atoms with Crippen molar-refractivity contribution >= 4 is 48.2 Å². The highest BCUT2D eigenvalue weighted by Crippen LogP contribution is 2.49. The monoisotopic (exact) mass is 1410 g/mol. The van der Waals surface area contributed by atoms with E-state index >= 15 is 0 Å². The molecule has 0 aliphatic heterocycles. The first-order valence-corrected chi connectivity index (χ1v) is 41.4. The third-order valence-corrected chi connectivity index (χ3v) is 21.6. The minimum Gasteiger partial charge on any atom is -0.480 e. The second-order valence-corrected chi connectivity index (χ2v) is 32.7. The molecule has 0 spiro atoms. The molecule has 3 rings (SSSR count). The standard InChI is InChI=1S/C78H146N13O7P/c1-12-13-51-86-77-89-73(80)72-74(90-77)91(78(95)88-72)59-68-40-42-69(43-41-68)75(93)87-58-71(92)84-52-15-14-39-70(76(94)85-53-25-50-82-48-17-16-47-81-49-24-46-79)83-54-26-57-99(96,97-55-44-66(10)37-22-35-64(8)33-20-31-62(6)29-18-27-60(2)3)98-56-45-67(11)38-23-36-65(9)34-21-32-63(7)30-19-28-61(4)5/h40-43,60-67,70,81-83H,12-39,44-59,79H2,1-11H3,(H,84,92)(H,85,94)(H,87,93)(H,88,95)(H3,80,86,89,90)/t62?,63?,64?,65?,66?,67?,70-,99?/m0/s1. The average molecular weight is 1410 g/mol. The van der Waals surface area contributed by atoms with E-state index in [-0.39, 0.29) is 42.9 Å². The lowest BCUT2D eigenvalue weighted by molar-refractivity contribution is -0.123. The van der Waals surface area contributed by atoms with E-state index in [0.29, 0.717) is 106 Å². The first-order valence-electron chi connectivity index (χ1n) is 39.7. The Hall–Kier alpha value is -4.43. The minimum absolute atomic E-state index is 0.0811. The average Bonchev–Trinajstić information content (AvgIpc) is 1.64. The van der Waals surface area contributed by atoms with Crippen LogP contribution in [0.15, 0.2) is 24.3 Å². The molecule has 0 aliphatic rings. The van der Waals surface area contributed by atoms with E-state index in [1.807, 2.05) is 0 Å². The summed E-state index contributed by atoms with van der Waals surface area (Å²) in [4.78, 5) is 53.1. The van der Waals surface area contributed by atoms with Gasteiger partial charge in [0.25, 0.3) is 11.9 Å². The number of hydrogen-bond donors (Lipinski definition) is 10. The molecule has 1 aromatic carbocycles. The number of nitrogen functional groups attached to an aromatic ring is 1. The van der Waals surface area contributed by atoms with Gasteiger partial charge in [-0.15, -0.1) is 0 Å². The van der Waals surface area contributed by atoms with Gasteiger partial charge in [-0.1, -0.05) is 210 Å². The Morgan fingerprint density at radius 2 is 1.01 bits per heavy atom. The van der Waals surface area contributed by atoms with E-state index in [9.17, 15) is 24.1 Å². The van der Waals surface area contributed by atoms with E-state index < -0.39 is 19.5 Å². The highest BCUT2D eigenvalue weighted by Gasteiger charge is 2.27. The zero-order valence-corrected chi connectivity index (χ0v) is 65.3. The molecule has 3 aromatic rings. The van der Waals surface area contributed by atoms with Crippen LogP contribution in [0.1, 0.15) is 285 Å². The molecule has 2 aromatic heterocycles. The van der Waals surface area contributed by atoms with Crippen LogP contribution >= 0.6 is 7.60 Å². The number of aromatic nitrogens is 4. The lowest BCUT2D eigenvalue weighted by Gasteiger charge is -2.22. The number of nitrogens with two attached hydrogens (primary N) is 2. The molecule has 0 fully saturated rings. The zero-order chi connectivity index (χ0) is 72.5. The molecule has 0 saturated heterocycles. The maximum atomic E-state index is 14.7. The third kappa shape index (κ3) is 42.7. The Morgan fingerprint density at radius 1 is 0.525 bits per heavy atom. The summed E-state index contributed by atoms with van der Waals surface area (Å²) < 4.78 is 29.0. The predicted octanol–water partition coefficient (Wildman–Crippen LogP) is 15.7. The Labute approximate surface area is 601 Å². The van der Waals surface area contributed by atoms with E-state index in [0.717, 1.165) is 131 Å². The van der Waals surface area contributed by atoms with Gasteiger partial charge in [0.05, 0.1) is 38.5 Å². The summed E-state index contributed by atoms with van der Waals surface area (Å²) in [6, 6.07) is 6.12. The Kier molecular flexibility index (Phi) is 48.7. The topological polar surface area (TPSA) is 287 Å². The van der Waals surface area contributed by atoms with Gasteiger partial charge in [-0.25, -0.2) is 0 Å². The first kappa shape index (κ1) is 88.8. The van der Waals surface area contributed by atoms with Crippen molar-refractivity contribution in [2.24, 2.45) is 53.1 Å². The molecule has 12 N–H and O–H groups in total. The van der Waals surface area contributed by atoms with Gasteiger partial charge in [-0.05, 0) is 175 Å². The fourth-order valence-electron chi connectivity index (χ4n) is 12.8. The molecule has 0 radical (unpaired) electrons. The van der Waals surface area contributed by atoms with Crippen molar-refractivity contribution < 1.29 is 33.1 Å². The van der Waals surface area contributed by atoms with Crippen molar-refractivity contribution in [3.8, 4) is 6.01 Å². The molecule has 20 nitrogen and oxygen atoms in total. The molecule has 0 aliphatic carbocycles. The Balaban J connectivity index is 1.55. The van der Waals surface area contributed by atoms with Crippen molar-refractivity contribution in [3.05, 3.63) is 35.4 Å². The zero-order valence-electron chi connectivity index (χ0n) is 64.4. The van der Waals surface area contributed by atoms with Crippen LogP contribution in [0.4, 0.5) is 11.8 Å². The summed E-state index contributed by atoms with van der Waals surface area (Å²) in [6.45, 7) is 32.9. The van der Waals surface area contributed by atoms with Crippen molar-refractivity contribution in [3.63, 3.8) is 0 Å². The van der Waals surface area contributed by atoms with Crippen LogP contribution in [0.2, 0.25) is 0 Å². The van der Waals surface area contributed by atoms with Gasteiger partial charge >= 0.3 is 7.60 Å². The number of carbonyl (C=O) groups excluding carboxylic acids is 3. The maximum absolute atomic E-state index is 14.7. The summed E-state index contributed by atoms with van der Waals surface area (Å²) >= 11 is 0. The Morgan fingerprint density at radius 3 is 1.53 bits per heavy atom. The van der Waals surface area contributed by atoms with Crippen molar-refractivity contribution in [1.29, 1.82) is 0 Å². The number of imidazole rings is 1. The second kappa shape index (κ2) is 54.3. The van der Waals surface area contributed by atoms with Crippen LogP contribution in [0.5, 0.6) is 6.01 Å². The lowest BCUT2D eigenvalue weighted by atomic mass is 9.91. The predicted molar refractivity (Wildman–Crippen MR) is 414 cm³/mol. The van der Waals surface area contributed by atoms with E-state index in [2.05, 4.69) is 128 Å². The highest BCUT2D eigenvalue weighted by molar-refractivity contribution is 7.53. The first-order chi connectivity index (χ1) is 47.6. The van der Waals surface area contributed by atoms with Gasteiger partial charge in [0.2, 0.25) is 17.8 Å². The third-order valence-electron chi connectivity index (χ3n) is 19.6. The molecular weight excluding hydrogens is 1260 g/mol. The fourth-order valence-corrected chi connectivity index (χ4v) is 14.5. The van der Waals surface area contributed by atoms with E-state index in [1.165, 1.54) is 107 Å². The number of fused-ring (bicyclic) bond motifs is 1. The number of rotatable bonds is 64. The summed E-state index contributed by atoms with van der Waals surface area (Å²) in [5.74, 6) is 5.30. The number of aromatic hydroxyl groups is 1. The fraction of sp³-hybridized carbons (Fsp3) is 0.821. The summed E-state index contributed by atoms with van der Waals surface area (Å²) in [7, 11) is -3.44. The number of benzene rings is 1. The molecule has 7 atom stereocenters. The van der Waals surface area contributed by atoms with E-state index in [4.69, 9.17) is 20.5 Å². The molecule has 3 amide bonds. The smallest absolute Gasteiger partial charge is 0.330 e. The van der Waals surface area contributed by atoms with Gasteiger partial charge in [0.15, 0.2) is 17.0 Å². The van der Waals surface area contributed by atoms with Crippen LogP contribution < -0.4 is 48.7 Å². The largest absolute Gasteiger partial charge is 0.480 e. The molecule has 2 heterocycles. The number of carbonyl (C=O) groups is 3. The van der Waals surface area contributed by atoms with Crippen molar-refractivity contribution in [2.75, 3.05) is 95.9 Å². The number of amides is 3. The van der Waals surface area contributed by atoms with Gasteiger partial charge in [-0.2, -0.15) is 15.0 Å². The molecule has 6 unspecified atom stereocenters. The maximum Gasteiger partial charge on any atom is 0.330 e. The number of hydrogen-bond acceptors (Lipinski definition) is 16. The van der Waals surface area contributed by atoms with Crippen LogP contribution in [-0.4, -0.2) is 133 Å². The molecular formula is C78H146N13O7P. The minimum atomic E-state index is -3.44. The molecule has 0 saturated carbocycles. The van der Waals surface area contributed by atoms with Crippen LogP contribution in [-0.2, 0) is 29.7 Å². The molecule has 21 heteroatoms. The molecule has 570 valence electrons. The van der Waals surface area contributed by atoms with Crippen LogP contribution in [0.25, 0.3) is 11.2 Å². The number of nitrogens with one attached hydrogen (secondary N) is 7. The summed E-state index contributed by atoms with van der Waals surface area (Å²) in [5, 5.41) is 33.1. The molecule has 0 bridgehead atoms. The second-order valence-electron chi connectivity index (χ2n) is 30.5. The lowest BCUT2D eigenvalue weighted by Crippen LogP contribution is -2.45. The summed E-state index contributed by atoms with van der Waals surface area (Å²) in [5.41, 5.74) is 13.6. The summed E-state index contributed by atoms with van der Waals surface area (Å²) in [6.07, 6.45) is 33.3. The SMILES string of the molecule is CCCCNc1nc(N)c2nc(O)n(Cc3ccc(C(=O)NCC(=O)NCCCC[C@H](NCCCP(=O)(OCCC(C)CCCC(C)CCCC(C)CCCC(C)C)OCCC(C)CCCC(C)CCCC(C)CCCC(C)C)C(=O)NCCCNCCCCNCCCN)cc3)c2n1. The van der Waals surface area contributed by atoms with Gasteiger partial charge < -0.3 is 62.8 Å². The molecule has 99 heavy (non-hydrogen) atoms. The van der Waals surface area contributed by atoms with Gasteiger partial charge in [0, 0.05) is 25.2 Å². The number of nitrogens with zero attached hydrogens (tertiary/aromatic N) is 4. The van der Waals surface area contributed by atoms with Crippen molar-refractivity contribution in [1.82, 2.24) is 51.4 Å². The number of anilines is 2. The van der Waals surface area contributed by atoms with Crippen LogP contribution in [0, 0.1) is 47.3 Å². The van der Waals surface area contributed by atoms with E-state index in [1.54, 1.807) is 24.3 Å². The Bertz CT molecular complexity index is 2560. The van der Waals surface area contributed by atoms with Crippen LogP contribution in [0.3, 0.4) is 0 Å². The number of unbranched alkanes of at least 4 members (excludes halogenated alkanes) is 3. The van der Waals surface area contributed by atoms with Crippen molar-refractivity contribution in [2.45, 2.75) is 281 Å². The normalized spacial score (nSPS) is 14.6.